The van der Waals surface area contributed by atoms with E-state index in [1.165, 1.54) is 30.2 Å². The first-order valence-electron chi connectivity index (χ1n) is 8.05. The number of rotatable bonds is 4. The van der Waals surface area contributed by atoms with Crippen molar-refractivity contribution >= 4 is 23.2 Å². The lowest BCUT2D eigenvalue weighted by Crippen LogP contribution is -2.23. The van der Waals surface area contributed by atoms with Crippen molar-refractivity contribution < 1.29 is 13.9 Å². The summed E-state index contributed by atoms with van der Waals surface area (Å²) in [7, 11) is 1.48. The molecule has 0 aromatic carbocycles. The van der Waals surface area contributed by atoms with Gasteiger partial charge >= 0.3 is 0 Å². The lowest BCUT2D eigenvalue weighted by Gasteiger charge is -2.16. The van der Waals surface area contributed by atoms with Gasteiger partial charge in [-0.05, 0) is 18.6 Å². The fraction of sp³-hybridized carbons (Fsp3) is 0.312. The van der Waals surface area contributed by atoms with E-state index in [0.717, 1.165) is 0 Å². The molecule has 0 bridgehead atoms. The van der Waals surface area contributed by atoms with Crippen molar-refractivity contribution in [2.24, 2.45) is 0 Å². The van der Waals surface area contributed by atoms with E-state index in [4.69, 9.17) is 4.74 Å². The number of hydrogen-bond donors (Lipinski definition) is 1. The Morgan fingerprint density at radius 3 is 3.00 bits per heavy atom. The van der Waals surface area contributed by atoms with Crippen LogP contribution in [0, 0.1) is 0 Å². The molecule has 0 unspecified atom stereocenters. The summed E-state index contributed by atoms with van der Waals surface area (Å²) >= 11 is 0. The number of hydrogen-bond acceptors (Lipinski definition) is 7. The minimum atomic E-state index is -0.856. The van der Waals surface area contributed by atoms with Crippen molar-refractivity contribution in [1.29, 1.82) is 0 Å². The van der Waals surface area contributed by atoms with Gasteiger partial charge in [-0.3, -0.25) is 4.79 Å². The third kappa shape index (κ3) is 3.01. The van der Waals surface area contributed by atoms with E-state index < -0.39 is 12.1 Å². The maximum Gasteiger partial charge on any atom is 0.277 e. The summed E-state index contributed by atoms with van der Waals surface area (Å²) < 4.78 is 19.9. The van der Waals surface area contributed by atoms with Crippen LogP contribution in [-0.4, -0.2) is 56.8 Å². The molecule has 1 saturated heterocycles. The van der Waals surface area contributed by atoms with Crippen molar-refractivity contribution in [1.82, 2.24) is 24.6 Å². The highest BCUT2D eigenvalue weighted by atomic mass is 19.1. The molecule has 3 aromatic heterocycles. The Kier molecular flexibility index (Phi) is 4.07. The summed E-state index contributed by atoms with van der Waals surface area (Å²) in [6.45, 7) is 0.895. The Bertz CT molecular complexity index is 961. The molecule has 4 rings (SSSR count). The monoisotopic (exact) mass is 357 g/mol. The number of halogens is 1. The maximum absolute atomic E-state index is 13.4. The highest BCUT2D eigenvalue weighted by molar-refractivity contribution is 6.02. The molecule has 4 heterocycles. The second kappa shape index (κ2) is 6.54. The maximum atomic E-state index is 13.4. The van der Waals surface area contributed by atoms with Gasteiger partial charge in [0.1, 0.15) is 24.1 Å². The fourth-order valence-corrected chi connectivity index (χ4v) is 2.81. The van der Waals surface area contributed by atoms with Gasteiger partial charge in [0.05, 0.1) is 19.9 Å². The molecule has 3 aromatic rings. The van der Waals surface area contributed by atoms with Gasteiger partial charge in [0, 0.05) is 12.6 Å². The first-order chi connectivity index (χ1) is 12.6. The number of aromatic nitrogens is 5. The van der Waals surface area contributed by atoms with E-state index >= 15 is 0 Å². The topological polar surface area (TPSA) is 97.5 Å². The van der Waals surface area contributed by atoms with Crippen molar-refractivity contribution in [3.63, 3.8) is 0 Å². The Morgan fingerprint density at radius 1 is 1.35 bits per heavy atom. The van der Waals surface area contributed by atoms with Gasteiger partial charge < -0.3 is 15.0 Å². The summed E-state index contributed by atoms with van der Waals surface area (Å²) in [4.78, 5) is 26.5. The molecule has 1 fully saturated rings. The smallest absolute Gasteiger partial charge is 0.277 e. The molecule has 134 valence electrons. The van der Waals surface area contributed by atoms with Crippen LogP contribution in [0.3, 0.4) is 0 Å². The molecular weight excluding hydrogens is 341 g/mol. The summed E-state index contributed by atoms with van der Waals surface area (Å²) in [5.41, 5.74) is 0.769. The van der Waals surface area contributed by atoms with Crippen LogP contribution in [0.5, 0.6) is 5.88 Å². The molecule has 1 atom stereocenters. The van der Waals surface area contributed by atoms with Crippen LogP contribution in [-0.2, 0) is 0 Å². The van der Waals surface area contributed by atoms with E-state index in [0.29, 0.717) is 42.7 Å². The summed E-state index contributed by atoms with van der Waals surface area (Å²) in [5.74, 6) is 0.817. The van der Waals surface area contributed by atoms with E-state index in [1.54, 1.807) is 12.1 Å². The van der Waals surface area contributed by atoms with Gasteiger partial charge in [0.2, 0.25) is 5.88 Å². The third-order valence-corrected chi connectivity index (χ3v) is 4.13. The van der Waals surface area contributed by atoms with Crippen molar-refractivity contribution in [2.45, 2.75) is 12.6 Å². The highest BCUT2D eigenvalue weighted by Gasteiger charge is 2.24. The summed E-state index contributed by atoms with van der Waals surface area (Å²) in [6, 6.07) is 5.03. The summed E-state index contributed by atoms with van der Waals surface area (Å²) in [5, 5.41) is 7.11. The number of nitrogens with zero attached hydrogens (tertiary/aromatic N) is 6. The summed E-state index contributed by atoms with van der Waals surface area (Å²) in [6.07, 6.45) is 2.35. The van der Waals surface area contributed by atoms with Crippen LogP contribution in [0.1, 0.15) is 16.9 Å². The van der Waals surface area contributed by atoms with Gasteiger partial charge in [-0.1, -0.05) is 0 Å². The quantitative estimate of drug-likeness (QED) is 0.752. The number of anilines is 2. The minimum Gasteiger partial charge on any atom is -0.481 e. The number of ether oxygens (including phenoxy) is 1. The molecule has 0 saturated carbocycles. The molecule has 0 radical (unpaired) electrons. The minimum absolute atomic E-state index is 0.246. The molecule has 9 nitrogen and oxygen atoms in total. The first-order valence-corrected chi connectivity index (χ1v) is 8.05. The van der Waals surface area contributed by atoms with E-state index in [-0.39, 0.29) is 5.69 Å². The predicted molar refractivity (Wildman–Crippen MR) is 91.3 cm³/mol. The van der Waals surface area contributed by atoms with E-state index in [1.807, 2.05) is 4.90 Å². The average Bonchev–Trinajstić information content (AvgIpc) is 3.27. The van der Waals surface area contributed by atoms with Gasteiger partial charge in [-0.15, -0.1) is 5.10 Å². The SMILES string of the molecule is COc1cc(NC(=O)c2cnc3ccc(N4CC[C@H](F)C4)nn23)ncn1. The molecular formula is C16H16FN7O2. The van der Waals surface area contributed by atoms with Crippen LogP contribution in [0.2, 0.25) is 0 Å². The Morgan fingerprint density at radius 2 is 2.23 bits per heavy atom. The predicted octanol–water partition coefficient (Wildman–Crippen LogP) is 1.33. The van der Waals surface area contributed by atoms with Gasteiger partial charge in [-0.2, -0.15) is 0 Å². The molecule has 1 aliphatic heterocycles. The molecule has 10 heteroatoms. The number of fused-ring (bicyclic) bond motifs is 1. The van der Waals surface area contributed by atoms with E-state index in [2.05, 4.69) is 25.4 Å². The Balaban J connectivity index is 1.62. The van der Waals surface area contributed by atoms with Crippen LogP contribution >= 0.6 is 0 Å². The van der Waals surface area contributed by atoms with Crippen LogP contribution in [0.4, 0.5) is 16.0 Å². The van der Waals surface area contributed by atoms with Crippen LogP contribution < -0.4 is 15.0 Å². The molecule has 0 spiro atoms. The zero-order chi connectivity index (χ0) is 18.1. The van der Waals surface area contributed by atoms with Crippen molar-refractivity contribution in [3.05, 3.63) is 36.4 Å². The second-order valence-electron chi connectivity index (χ2n) is 5.84. The van der Waals surface area contributed by atoms with Gasteiger partial charge in [0.25, 0.3) is 5.91 Å². The fourth-order valence-electron chi connectivity index (χ4n) is 2.81. The Labute approximate surface area is 147 Å². The van der Waals surface area contributed by atoms with Gasteiger partial charge in [0.15, 0.2) is 11.3 Å². The lowest BCUT2D eigenvalue weighted by atomic mass is 10.3. The normalized spacial score (nSPS) is 16.8. The Hall–Kier alpha value is -3.30. The molecule has 1 aliphatic rings. The number of alkyl halides is 1. The van der Waals surface area contributed by atoms with Crippen molar-refractivity contribution in [2.75, 3.05) is 30.4 Å². The van der Waals surface area contributed by atoms with Crippen LogP contribution in [0.25, 0.3) is 5.65 Å². The molecule has 0 aliphatic carbocycles. The number of imidazole rings is 1. The molecule has 1 N–H and O–H groups in total. The third-order valence-electron chi connectivity index (χ3n) is 4.13. The zero-order valence-electron chi connectivity index (χ0n) is 14.0. The largest absolute Gasteiger partial charge is 0.481 e. The number of carbonyl (C=O) groups excluding carboxylic acids is 1. The number of methoxy groups -OCH3 is 1. The van der Waals surface area contributed by atoms with Gasteiger partial charge in [-0.25, -0.2) is 23.9 Å². The number of carbonyl (C=O) groups is 1. The van der Waals surface area contributed by atoms with Crippen molar-refractivity contribution in [3.8, 4) is 5.88 Å². The zero-order valence-corrected chi connectivity index (χ0v) is 14.0. The first kappa shape index (κ1) is 16.2. The highest BCUT2D eigenvalue weighted by Crippen LogP contribution is 2.21. The van der Waals surface area contributed by atoms with Crippen LogP contribution in [0.15, 0.2) is 30.7 Å². The number of nitrogens with one attached hydrogen (secondary N) is 1. The standard InChI is InChI=1S/C16H16FN7O2/c1-26-15-6-12(19-9-20-15)21-16(25)11-7-18-13-2-3-14(22-24(11)13)23-5-4-10(17)8-23/h2-3,6-7,9-10H,4-5,8H2,1H3,(H,19,20,21,25)/t10-/m0/s1. The lowest BCUT2D eigenvalue weighted by molar-refractivity contribution is 0.102. The van der Waals surface area contributed by atoms with E-state index in [9.17, 15) is 9.18 Å². The molecule has 26 heavy (non-hydrogen) atoms. The average molecular weight is 357 g/mol. The molecule has 1 amide bonds. The second-order valence-corrected chi connectivity index (χ2v) is 5.84. The number of amides is 1.